The first-order valence-corrected chi connectivity index (χ1v) is 13.2. The molecule has 2 atom stereocenters. The molecule has 1 aromatic carbocycles. The number of nitrogens with two attached hydrogens (primary N) is 2. The van der Waals surface area contributed by atoms with E-state index in [2.05, 4.69) is 19.9 Å². The average molecular weight is 513 g/mol. The van der Waals surface area contributed by atoms with E-state index in [0.29, 0.717) is 22.3 Å². The van der Waals surface area contributed by atoms with Crippen molar-refractivity contribution >= 4 is 51.9 Å². The fourth-order valence-electron chi connectivity index (χ4n) is 5.37. The Morgan fingerprint density at radius 2 is 2.20 bits per heavy atom. The molecule has 2 unspecified atom stereocenters. The van der Waals surface area contributed by atoms with Crippen LogP contribution in [0.3, 0.4) is 0 Å². The van der Waals surface area contributed by atoms with E-state index in [4.69, 9.17) is 23.1 Å². The van der Waals surface area contributed by atoms with Gasteiger partial charge in [-0.05, 0) is 54.9 Å². The van der Waals surface area contributed by atoms with Crippen LogP contribution in [0.15, 0.2) is 23.2 Å². The molecule has 0 bridgehead atoms. The summed E-state index contributed by atoms with van der Waals surface area (Å²) < 4.78 is 0. The van der Waals surface area contributed by atoms with Gasteiger partial charge in [-0.25, -0.2) is 9.98 Å². The summed E-state index contributed by atoms with van der Waals surface area (Å²) in [5.74, 6) is -0.493. The zero-order chi connectivity index (χ0) is 24.5. The monoisotopic (exact) mass is 512 g/mol. The molecule has 35 heavy (non-hydrogen) atoms. The van der Waals surface area contributed by atoms with Crippen LogP contribution in [0.5, 0.6) is 0 Å². The summed E-state index contributed by atoms with van der Waals surface area (Å²) in [5, 5.41) is 2.00. The van der Waals surface area contributed by atoms with Crippen molar-refractivity contribution in [1.29, 1.82) is 0 Å². The van der Waals surface area contributed by atoms with Gasteiger partial charge in [-0.3, -0.25) is 14.5 Å². The number of thiazole rings is 1. The molecule has 0 saturated heterocycles. The highest BCUT2D eigenvalue weighted by Crippen LogP contribution is 2.41. The molecule has 1 saturated carbocycles. The normalized spacial score (nSPS) is 21.0. The van der Waals surface area contributed by atoms with Gasteiger partial charge >= 0.3 is 5.91 Å². The van der Waals surface area contributed by atoms with Crippen molar-refractivity contribution in [2.24, 2.45) is 22.4 Å². The molecule has 3 heterocycles. The molecule has 2 aliphatic rings. The number of primary amides is 1. The number of carbonyl (C=O) groups is 2. The van der Waals surface area contributed by atoms with Gasteiger partial charge < -0.3 is 16.5 Å². The van der Waals surface area contributed by atoms with Gasteiger partial charge in [0.2, 0.25) is 0 Å². The van der Waals surface area contributed by atoms with E-state index in [0.717, 1.165) is 78.8 Å². The maximum atomic E-state index is 12.8. The van der Waals surface area contributed by atoms with E-state index < -0.39 is 5.91 Å². The van der Waals surface area contributed by atoms with E-state index in [-0.39, 0.29) is 17.7 Å². The lowest BCUT2D eigenvalue weighted by molar-refractivity contribution is 0.0990. The first-order chi connectivity index (χ1) is 16.9. The van der Waals surface area contributed by atoms with E-state index >= 15 is 0 Å². The van der Waals surface area contributed by atoms with E-state index in [9.17, 15) is 9.59 Å². The summed E-state index contributed by atoms with van der Waals surface area (Å²) in [6, 6.07) is 5.55. The van der Waals surface area contributed by atoms with Crippen LogP contribution < -0.4 is 11.5 Å². The lowest BCUT2D eigenvalue weighted by atomic mass is 9.77. The second-order valence-corrected chi connectivity index (χ2v) is 10.9. The highest BCUT2D eigenvalue weighted by atomic mass is 35.5. The van der Waals surface area contributed by atoms with Crippen LogP contribution in [0.25, 0.3) is 10.9 Å². The van der Waals surface area contributed by atoms with Gasteiger partial charge in [-0.15, -0.1) is 11.3 Å². The Labute approximate surface area is 212 Å². The molecule has 1 aliphatic carbocycles. The molecule has 1 fully saturated rings. The van der Waals surface area contributed by atoms with Crippen LogP contribution in [-0.2, 0) is 13.0 Å². The summed E-state index contributed by atoms with van der Waals surface area (Å²) in [5.41, 5.74) is 14.6. The van der Waals surface area contributed by atoms with E-state index in [1.807, 2.05) is 12.1 Å². The lowest BCUT2D eigenvalue weighted by Gasteiger charge is -2.27. The maximum Gasteiger partial charge on any atom is 0.305 e. The predicted molar refractivity (Wildman–Crippen MR) is 139 cm³/mol. The summed E-state index contributed by atoms with van der Waals surface area (Å²) in [4.78, 5) is 40.5. The summed E-state index contributed by atoms with van der Waals surface area (Å²) >= 11 is 7.69. The number of benzene rings is 1. The van der Waals surface area contributed by atoms with Crippen molar-refractivity contribution in [3.05, 3.63) is 50.1 Å². The molecule has 0 spiro atoms. The number of nitrogens with zero attached hydrogens (tertiary/aromatic N) is 3. The number of fused-ring (bicyclic) bond motifs is 2. The standard InChI is InChI=1S/C25H29ClN6O2S/c26-16-4-5-18-17(11-16)21(22(30-18)23(28)33)15-3-1-2-14(10-15)12-29-24(34)25-31-19-6-8-32(9-7-27)13-20(19)35-25/h4-5,11-12,14-15,30H,1-3,6-10,13,27H2,(H2,28,33). The average Bonchev–Trinajstić information content (AvgIpc) is 3.44. The first kappa shape index (κ1) is 24.1. The number of nitrogens with one attached hydrogen (secondary N) is 1. The largest absolute Gasteiger partial charge is 0.364 e. The summed E-state index contributed by atoms with van der Waals surface area (Å²) in [6.45, 7) is 3.18. The number of carbonyl (C=O) groups excluding carboxylic acids is 2. The Hall–Kier alpha value is -2.59. The van der Waals surface area contributed by atoms with Crippen LogP contribution in [0.4, 0.5) is 0 Å². The molecule has 3 aromatic rings. The van der Waals surface area contributed by atoms with Crippen LogP contribution in [0, 0.1) is 5.92 Å². The Bertz CT molecular complexity index is 1300. The summed E-state index contributed by atoms with van der Waals surface area (Å²) in [6.07, 6.45) is 6.27. The Morgan fingerprint density at radius 3 is 3.00 bits per heavy atom. The molecule has 1 aliphatic heterocycles. The zero-order valence-electron chi connectivity index (χ0n) is 19.4. The van der Waals surface area contributed by atoms with E-state index in [1.54, 1.807) is 12.3 Å². The molecular formula is C25H29ClN6O2S. The topological polar surface area (TPSA) is 130 Å². The zero-order valence-corrected chi connectivity index (χ0v) is 21.0. The Kier molecular flexibility index (Phi) is 7.02. The van der Waals surface area contributed by atoms with Crippen molar-refractivity contribution < 1.29 is 9.59 Å². The van der Waals surface area contributed by atoms with Crippen LogP contribution >= 0.6 is 22.9 Å². The van der Waals surface area contributed by atoms with Gasteiger partial charge in [-0.2, -0.15) is 0 Å². The SMILES string of the molecule is NCCN1CCc2nc(C(=O)N=CC3CCCC(c4c(C(N)=O)[nH]c5ccc(Cl)cc45)C3)sc2C1. The number of rotatable bonds is 6. The van der Waals surface area contributed by atoms with Gasteiger partial charge in [-0.1, -0.05) is 18.0 Å². The molecule has 10 heteroatoms. The fourth-order valence-corrected chi connectivity index (χ4v) is 6.58. The minimum atomic E-state index is -0.476. The van der Waals surface area contributed by atoms with Gasteiger partial charge in [0.15, 0.2) is 5.01 Å². The van der Waals surface area contributed by atoms with Crippen LogP contribution in [-0.4, -0.2) is 52.5 Å². The highest BCUT2D eigenvalue weighted by molar-refractivity contribution is 7.13. The van der Waals surface area contributed by atoms with Gasteiger partial charge in [0.05, 0.1) is 5.69 Å². The quantitative estimate of drug-likeness (QED) is 0.431. The third kappa shape index (κ3) is 5.04. The van der Waals surface area contributed by atoms with Crippen molar-refractivity contribution in [3.63, 3.8) is 0 Å². The molecule has 5 N–H and O–H groups in total. The number of halogens is 1. The van der Waals surface area contributed by atoms with Gasteiger partial charge in [0.1, 0.15) is 5.69 Å². The van der Waals surface area contributed by atoms with Crippen molar-refractivity contribution in [3.8, 4) is 0 Å². The van der Waals surface area contributed by atoms with Crippen molar-refractivity contribution in [2.75, 3.05) is 19.6 Å². The second-order valence-electron chi connectivity index (χ2n) is 9.38. The van der Waals surface area contributed by atoms with E-state index in [1.165, 1.54) is 11.3 Å². The van der Waals surface area contributed by atoms with Crippen molar-refractivity contribution in [2.45, 2.75) is 44.6 Å². The number of aromatic amines is 1. The number of aliphatic imine (C=N–C) groups is 1. The van der Waals surface area contributed by atoms with Crippen LogP contribution in [0.1, 0.15) is 68.0 Å². The number of aromatic nitrogens is 2. The highest BCUT2D eigenvalue weighted by Gasteiger charge is 2.29. The molecule has 2 aromatic heterocycles. The number of hydrogen-bond acceptors (Lipinski definition) is 6. The third-order valence-corrected chi connectivity index (χ3v) is 8.32. The Morgan fingerprint density at radius 1 is 1.34 bits per heavy atom. The van der Waals surface area contributed by atoms with Gasteiger partial charge in [0.25, 0.3) is 5.91 Å². The molecule has 8 nitrogen and oxygen atoms in total. The lowest BCUT2D eigenvalue weighted by Crippen LogP contribution is -2.33. The molecule has 2 amide bonds. The molecular weight excluding hydrogens is 484 g/mol. The predicted octanol–water partition coefficient (Wildman–Crippen LogP) is 3.88. The maximum absolute atomic E-state index is 12.8. The molecule has 5 rings (SSSR count). The smallest absolute Gasteiger partial charge is 0.305 e. The first-order valence-electron chi connectivity index (χ1n) is 12.0. The second kappa shape index (κ2) is 10.2. The molecule has 0 radical (unpaired) electrons. The van der Waals surface area contributed by atoms with Gasteiger partial charge in [0, 0.05) is 59.6 Å². The Balaban J connectivity index is 1.31. The fraction of sp³-hybridized carbons (Fsp3) is 0.440. The number of hydrogen-bond donors (Lipinski definition) is 3. The number of amides is 2. The van der Waals surface area contributed by atoms with Crippen molar-refractivity contribution in [1.82, 2.24) is 14.9 Å². The molecule has 184 valence electrons. The summed E-state index contributed by atoms with van der Waals surface area (Å²) in [7, 11) is 0. The number of H-pyrrole nitrogens is 1. The van der Waals surface area contributed by atoms with Crippen LogP contribution in [0.2, 0.25) is 5.02 Å². The minimum Gasteiger partial charge on any atom is -0.364 e. The minimum absolute atomic E-state index is 0.130. The third-order valence-electron chi connectivity index (χ3n) is 7.01.